The van der Waals surface area contributed by atoms with E-state index in [-0.39, 0.29) is 0 Å². The molecule has 1 N–H and O–H groups in total. The third-order valence-corrected chi connectivity index (χ3v) is 5.91. The second-order valence-electron chi connectivity index (χ2n) is 8.21. The first kappa shape index (κ1) is 19.7. The van der Waals surface area contributed by atoms with Crippen LogP contribution in [0.4, 0.5) is 19.0 Å². The lowest BCUT2D eigenvalue weighted by molar-refractivity contribution is -0.137. The summed E-state index contributed by atoms with van der Waals surface area (Å²) < 4.78 is 40.8. The van der Waals surface area contributed by atoms with Gasteiger partial charge in [-0.25, -0.2) is 9.50 Å². The molecule has 7 heteroatoms. The van der Waals surface area contributed by atoms with Crippen LogP contribution in [0.3, 0.4) is 0 Å². The zero-order chi connectivity index (χ0) is 20.6. The third-order valence-electron chi connectivity index (χ3n) is 5.91. The van der Waals surface area contributed by atoms with Crippen LogP contribution in [-0.2, 0) is 6.18 Å². The number of nitrogens with one attached hydrogen (secondary N) is 1. The summed E-state index contributed by atoms with van der Waals surface area (Å²) in [5, 5.41) is 8.11. The number of nitrogens with zero attached hydrogens (tertiary/aromatic N) is 3. The lowest BCUT2D eigenvalue weighted by Gasteiger charge is -2.31. The van der Waals surface area contributed by atoms with Crippen molar-refractivity contribution in [3.05, 3.63) is 48.2 Å². The van der Waals surface area contributed by atoms with Crippen molar-refractivity contribution in [3.8, 4) is 11.3 Å². The van der Waals surface area contributed by atoms with Crippen LogP contribution in [-0.4, -0.2) is 20.6 Å². The van der Waals surface area contributed by atoms with Gasteiger partial charge < -0.3 is 5.32 Å². The number of halogens is 3. The maximum Gasteiger partial charge on any atom is 0.416 e. The molecule has 1 saturated carbocycles. The fourth-order valence-electron chi connectivity index (χ4n) is 4.14. The van der Waals surface area contributed by atoms with E-state index < -0.39 is 11.7 Å². The van der Waals surface area contributed by atoms with Crippen LogP contribution in [0, 0.1) is 11.8 Å². The predicted octanol–water partition coefficient (Wildman–Crippen LogP) is 6.04. The maximum atomic E-state index is 13.1. The van der Waals surface area contributed by atoms with Gasteiger partial charge in [-0.05, 0) is 61.8 Å². The molecule has 0 amide bonds. The Morgan fingerprint density at radius 1 is 1.07 bits per heavy atom. The Morgan fingerprint density at radius 2 is 1.83 bits per heavy atom. The van der Waals surface area contributed by atoms with Crippen LogP contribution >= 0.6 is 0 Å². The third kappa shape index (κ3) is 4.23. The van der Waals surface area contributed by atoms with Gasteiger partial charge in [0.2, 0.25) is 0 Å². The second-order valence-corrected chi connectivity index (χ2v) is 8.21. The minimum Gasteiger partial charge on any atom is -0.366 e. The van der Waals surface area contributed by atoms with Gasteiger partial charge >= 0.3 is 6.18 Å². The van der Waals surface area contributed by atoms with E-state index in [4.69, 9.17) is 0 Å². The average molecular weight is 402 g/mol. The van der Waals surface area contributed by atoms with Crippen LogP contribution in [0.2, 0.25) is 0 Å². The van der Waals surface area contributed by atoms with E-state index in [0.29, 0.717) is 28.9 Å². The SMILES string of the molecule is CC(C)[C@H]1CC[C@H](Nc2ccc3ncc(-c4cccc(C(F)(F)F)c4)n3n2)CC1. The molecule has 0 radical (unpaired) electrons. The van der Waals surface area contributed by atoms with Gasteiger partial charge in [0.05, 0.1) is 17.5 Å². The van der Waals surface area contributed by atoms with Crippen molar-refractivity contribution in [3.63, 3.8) is 0 Å². The molecule has 29 heavy (non-hydrogen) atoms. The van der Waals surface area contributed by atoms with E-state index in [2.05, 4.69) is 29.2 Å². The number of aromatic nitrogens is 3. The van der Waals surface area contributed by atoms with Gasteiger partial charge in [-0.2, -0.15) is 13.2 Å². The van der Waals surface area contributed by atoms with Gasteiger partial charge in [0, 0.05) is 11.6 Å². The van der Waals surface area contributed by atoms with Crippen molar-refractivity contribution in [2.45, 2.75) is 51.7 Å². The van der Waals surface area contributed by atoms with E-state index in [1.807, 2.05) is 12.1 Å². The zero-order valence-corrected chi connectivity index (χ0v) is 16.6. The van der Waals surface area contributed by atoms with Gasteiger partial charge in [-0.15, -0.1) is 5.10 Å². The molecule has 1 aromatic carbocycles. The number of hydrogen-bond donors (Lipinski definition) is 1. The highest BCUT2D eigenvalue weighted by Gasteiger charge is 2.30. The molecule has 0 bridgehead atoms. The number of hydrogen-bond acceptors (Lipinski definition) is 3. The minimum absolute atomic E-state index is 0.371. The molecule has 3 aromatic rings. The number of rotatable bonds is 4. The Morgan fingerprint density at radius 3 is 2.52 bits per heavy atom. The Balaban J connectivity index is 1.58. The molecular weight excluding hydrogens is 377 g/mol. The highest BCUT2D eigenvalue weighted by atomic mass is 19.4. The van der Waals surface area contributed by atoms with Gasteiger partial charge in [0.15, 0.2) is 5.65 Å². The maximum absolute atomic E-state index is 13.1. The summed E-state index contributed by atoms with van der Waals surface area (Å²) in [7, 11) is 0. The molecule has 154 valence electrons. The first-order valence-electron chi connectivity index (χ1n) is 10.1. The largest absolute Gasteiger partial charge is 0.416 e. The van der Waals surface area contributed by atoms with Gasteiger partial charge in [0.1, 0.15) is 5.82 Å². The molecule has 1 fully saturated rings. The summed E-state index contributed by atoms with van der Waals surface area (Å²) in [6, 6.07) is 9.36. The Kier molecular flexibility index (Phi) is 5.23. The Bertz CT molecular complexity index is 985. The smallest absolute Gasteiger partial charge is 0.366 e. The molecule has 0 unspecified atom stereocenters. The summed E-state index contributed by atoms with van der Waals surface area (Å²) in [5.74, 6) is 2.22. The lowest BCUT2D eigenvalue weighted by Crippen LogP contribution is -2.28. The molecule has 1 aliphatic carbocycles. The van der Waals surface area contributed by atoms with Crippen LogP contribution in [0.1, 0.15) is 45.1 Å². The van der Waals surface area contributed by atoms with Crippen molar-refractivity contribution < 1.29 is 13.2 Å². The molecule has 4 nitrogen and oxygen atoms in total. The molecule has 2 heterocycles. The number of imidazole rings is 1. The topological polar surface area (TPSA) is 42.2 Å². The predicted molar refractivity (Wildman–Crippen MR) is 108 cm³/mol. The molecule has 0 atom stereocenters. The second kappa shape index (κ2) is 7.69. The van der Waals surface area contributed by atoms with Crippen LogP contribution in [0.25, 0.3) is 16.9 Å². The van der Waals surface area contributed by atoms with E-state index in [9.17, 15) is 13.2 Å². The summed E-state index contributed by atoms with van der Waals surface area (Å²) in [5.41, 5.74) is 0.903. The van der Waals surface area contributed by atoms with E-state index in [1.54, 1.807) is 16.8 Å². The molecule has 2 aromatic heterocycles. The summed E-state index contributed by atoms with van der Waals surface area (Å²) in [4.78, 5) is 4.30. The molecule has 1 aliphatic rings. The van der Waals surface area contributed by atoms with Crippen molar-refractivity contribution in [2.24, 2.45) is 11.8 Å². The van der Waals surface area contributed by atoms with Gasteiger partial charge in [-0.3, -0.25) is 0 Å². The molecular formula is C22H25F3N4. The lowest BCUT2D eigenvalue weighted by atomic mass is 9.80. The van der Waals surface area contributed by atoms with Gasteiger partial charge in [0.25, 0.3) is 0 Å². The number of anilines is 1. The van der Waals surface area contributed by atoms with Crippen molar-refractivity contribution in [1.29, 1.82) is 0 Å². The normalized spacial score (nSPS) is 20.3. The quantitative estimate of drug-likeness (QED) is 0.578. The van der Waals surface area contributed by atoms with Crippen molar-refractivity contribution in [2.75, 3.05) is 5.32 Å². The first-order chi connectivity index (χ1) is 13.8. The summed E-state index contributed by atoms with van der Waals surface area (Å²) in [6.07, 6.45) is 1.80. The van der Waals surface area contributed by atoms with Crippen LogP contribution < -0.4 is 5.32 Å². The number of benzene rings is 1. The van der Waals surface area contributed by atoms with Gasteiger partial charge in [-0.1, -0.05) is 26.0 Å². The summed E-state index contributed by atoms with van der Waals surface area (Å²) in [6.45, 7) is 4.56. The Labute approximate surface area is 168 Å². The van der Waals surface area contributed by atoms with E-state index in [0.717, 1.165) is 36.7 Å². The fraction of sp³-hybridized carbons (Fsp3) is 0.455. The van der Waals surface area contributed by atoms with E-state index >= 15 is 0 Å². The molecule has 4 rings (SSSR count). The molecule has 0 spiro atoms. The fourth-order valence-corrected chi connectivity index (χ4v) is 4.14. The zero-order valence-electron chi connectivity index (χ0n) is 16.6. The highest BCUT2D eigenvalue weighted by Crippen LogP contribution is 2.33. The Hall–Kier alpha value is -2.57. The standard InChI is InChI=1S/C22H25F3N4/c1-14(2)15-6-8-18(9-7-15)27-20-10-11-21-26-13-19(29(21)28-20)16-4-3-5-17(12-16)22(23,24)25/h3-5,10-15,18H,6-9H2,1-2H3,(H,27,28)/t15-,18-. The molecule has 0 aliphatic heterocycles. The minimum atomic E-state index is -4.38. The number of fused-ring (bicyclic) bond motifs is 1. The highest BCUT2D eigenvalue weighted by molar-refractivity contribution is 5.64. The van der Waals surface area contributed by atoms with Crippen molar-refractivity contribution in [1.82, 2.24) is 14.6 Å². The van der Waals surface area contributed by atoms with Crippen LogP contribution in [0.15, 0.2) is 42.6 Å². The van der Waals surface area contributed by atoms with Crippen molar-refractivity contribution >= 4 is 11.5 Å². The molecule has 0 saturated heterocycles. The number of alkyl halides is 3. The average Bonchev–Trinajstić information content (AvgIpc) is 3.11. The monoisotopic (exact) mass is 402 g/mol. The summed E-state index contributed by atoms with van der Waals surface area (Å²) >= 11 is 0. The van der Waals surface area contributed by atoms with E-state index in [1.165, 1.54) is 18.9 Å². The first-order valence-corrected chi connectivity index (χ1v) is 10.1. The van der Waals surface area contributed by atoms with Crippen LogP contribution in [0.5, 0.6) is 0 Å².